The Morgan fingerprint density at radius 1 is 1.00 bits per heavy atom. The molecule has 29 heavy (non-hydrogen) atoms. The van der Waals surface area contributed by atoms with Crippen molar-refractivity contribution in [2.75, 3.05) is 24.1 Å². The maximum atomic E-state index is 12.5. The van der Waals surface area contributed by atoms with Crippen LogP contribution in [0.4, 0.5) is 5.69 Å². The van der Waals surface area contributed by atoms with E-state index in [2.05, 4.69) is 10.0 Å². The van der Waals surface area contributed by atoms with Gasteiger partial charge in [0, 0.05) is 30.4 Å². The van der Waals surface area contributed by atoms with E-state index < -0.39 is 20.0 Å². The molecular formula is C19H23N3O5S2. The number of amides is 1. The van der Waals surface area contributed by atoms with Crippen LogP contribution in [0.15, 0.2) is 59.5 Å². The first kappa shape index (κ1) is 21.3. The Morgan fingerprint density at radius 3 is 2.28 bits per heavy atom. The second-order valence-electron chi connectivity index (χ2n) is 6.93. The van der Waals surface area contributed by atoms with Crippen molar-refractivity contribution in [1.82, 2.24) is 9.62 Å². The lowest BCUT2D eigenvalue weighted by molar-refractivity contribution is 0.0921. The van der Waals surface area contributed by atoms with Crippen LogP contribution in [-0.4, -0.2) is 52.4 Å². The smallest absolute Gasteiger partial charge is 0.261 e. The number of carbonyl (C=O) groups excluding carboxylic acids is 1. The van der Waals surface area contributed by atoms with E-state index in [0.29, 0.717) is 30.6 Å². The zero-order chi connectivity index (χ0) is 21.1. The van der Waals surface area contributed by atoms with E-state index in [-0.39, 0.29) is 23.4 Å². The van der Waals surface area contributed by atoms with E-state index in [1.807, 2.05) is 0 Å². The van der Waals surface area contributed by atoms with Crippen LogP contribution in [0.5, 0.6) is 0 Å². The van der Waals surface area contributed by atoms with E-state index in [9.17, 15) is 21.6 Å². The summed E-state index contributed by atoms with van der Waals surface area (Å²) in [5, 5.41) is 2.83. The molecule has 1 saturated heterocycles. The highest BCUT2D eigenvalue weighted by Crippen LogP contribution is 2.17. The molecule has 1 heterocycles. The van der Waals surface area contributed by atoms with Crippen LogP contribution >= 0.6 is 0 Å². The van der Waals surface area contributed by atoms with Gasteiger partial charge < -0.3 is 5.32 Å². The number of carbonyl (C=O) groups is 1. The maximum absolute atomic E-state index is 12.5. The van der Waals surface area contributed by atoms with E-state index in [1.54, 1.807) is 30.3 Å². The van der Waals surface area contributed by atoms with Crippen molar-refractivity contribution in [3.8, 4) is 0 Å². The number of piperidine rings is 1. The molecule has 0 saturated carbocycles. The van der Waals surface area contributed by atoms with Gasteiger partial charge in [0.2, 0.25) is 10.0 Å². The van der Waals surface area contributed by atoms with Gasteiger partial charge in [0.25, 0.3) is 15.9 Å². The fourth-order valence-corrected chi connectivity index (χ4v) is 5.11. The molecule has 0 bridgehead atoms. The average molecular weight is 438 g/mol. The van der Waals surface area contributed by atoms with Crippen LogP contribution in [-0.2, 0) is 20.0 Å². The highest BCUT2D eigenvalue weighted by atomic mass is 32.2. The van der Waals surface area contributed by atoms with Crippen LogP contribution in [0.25, 0.3) is 0 Å². The van der Waals surface area contributed by atoms with Gasteiger partial charge in [0.05, 0.1) is 11.2 Å². The number of hydrogen-bond acceptors (Lipinski definition) is 5. The molecule has 1 atom stereocenters. The lowest BCUT2D eigenvalue weighted by atomic mass is 10.1. The Kier molecular flexibility index (Phi) is 6.25. The first-order valence-electron chi connectivity index (χ1n) is 9.09. The highest BCUT2D eigenvalue weighted by Gasteiger charge is 2.27. The summed E-state index contributed by atoms with van der Waals surface area (Å²) in [6.07, 6.45) is 2.51. The summed E-state index contributed by atoms with van der Waals surface area (Å²) >= 11 is 0. The van der Waals surface area contributed by atoms with E-state index in [1.165, 1.54) is 28.6 Å². The van der Waals surface area contributed by atoms with Crippen molar-refractivity contribution in [3.63, 3.8) is 0 Å². The molecule has 1 amide bonds. The average Bonchev–Trinajstić information content (AvgIpc) is 2.68. The van der Waals surface area contributed by atoms with Crippen molar-refractivity contribution in [1.29, 1.82) is 0 Å². The fraction of sp³-hybridized carbons (Fsp3) is 0.316. The molecule has 0 radical (unpaired) electrons. The molecule has 156 valence electrons. The Hall–Kier alpha value is -2.43. The third kappa shape index (κ3) is 5.55. The topological polar surface area (TPSA) is 113 Å². The normalized spacial score (nSPS) is 18.2. The SMILES string of the molecule is CS(=O)(=O)N1CCCC(NC(=O)c2ccc(S(=O)(=O)Nc3ccccc3)cc2)C1. The third-order valence-corrected chi connectivity index (χ3v) is 7.31. The monoisotopic (exact) mass is 437 g/mol. The minimum absolute atomic E-state index is 0.0406. The minimum atomic E-state index is -3.76. The molecule has 1 unspecified atom stereocenters. The molecule has 0 aliphatic carbocycles. The quantitative estimate of drug-likeness (QED) is 0.713. The second kappa shape index (κ2) is 8.52. The van der Waals surface area contributed by atoms with Crippen molar-refractivity contribution in [2.45, 2.75) is 23.8 Å². The lowest BCUT2D eigenvalue weighted by Gasteiger charge is -2.31. The van der Waals surface area contributed by atoms with E-state index >= 15 is 0 Å². The van der Waals surface area contributed by atoms with Gasteiger partial charge in [0.1, 0.15) is 0 Å². The Balaban J connectivity index is 1.66. The largest absolute Gasteiger partial charge is 0.348 e. The number of rotatable bonds is 6. The van der Waals surface area contributed by atoms with Crippen LogP contribution in [0.1, 0.15) is 23.2 Å². The maximum Gasteiger partial charge on any atom is 0.261 e. The zero-order valence-electron chi connectivity index (χ0n) is 15.9. The Morgan fingerprint density at radius 2 is 1.66 bits per heavy atom. The Bertz CT molecular complexity index is 1070. The number of nitrogens with one attached hydrogen (secondary N) is 2. The number of benzene rings is 2. The molecule has 1 aliphatic heterocycles. The summed E-state index contributed by atoms with van der Waals surface area (Å²) in [5.41, 5.74) is 0.752. The third-order valence-electron chi connectivity index (χ3n) is 4.64. The van der Waals surface area contributed by atoms with Gasteiger partial charge in [-0.3, -0.25) is 9.52 Å². The van der Waals surface area contributed by atoms with Crippen LogP contribution < -0.4 is 10.0 Å². The van der Waals surface area contributed by atoms with Gasteiger partial charge in [-0.25, -0.2) is 21.1 Å². The predicted octanol–water partition coefficient (Wildman–Crippen LogP) is 1.64. The summed E-state index contributed by atoms with van der Waals surface area (Å²) in [7, 11) is -7.06. The van der Waals surface area contributed by atoms with Gasteiger partial charge in [-0.2, -0.15) is 0 Å². The highest BCUT2D eigenvalue weighted by molar-refractivity contribution is 7.92. The number of nitrogens with zero attached hydrogens (tertiary/aromatic N) is 1. The van der Waals surface area contributed by atoms with Crippen LogP contribution in [0.2, 0.25) is 0 Å². The summed E-state index contributed by atoms with van der Waals surface area (Å²) in [6.45, 7) is 0.685. The molecule has 2 aromatic rings. The summed E-state index contributed by atoms with van der Waals surface area (Å²) in [4.78, 5) is 12.5. The van der Waals surface area contributed by atoms with Gasteiger partial charge in [-0.05, 0) is 49.2 Å². The summed E-state index contributed by atoms with van der Waals surface area (Å²) in [5.74, 6) is -0.370. The molecule has 10 heteroatoms. The van der Waals surface area contributed by atoms with E-state index in [0.717, 1.165) is 6.26 Å². The molecule has 2 aromatic carbocycles. The zero-order valence-corrected chi connectivity index (χ0v) is 17.5. The standard InChI is InChI=1S/C19H23N3O5S2/c1-28(24,25)22-13-5-8-17(14-22)20-19(23)15-9-11-18(12-10-15)29(26,27)21-16-6-3-2-4-7-16/h2-4,6-7,9-12,17,21H,5,8,13-14H2,1H3,(H,20,23). The fourth-order valence-electron chi connectivity index (χ4n) is 3.14. The van der Waals surface area contributed by atoms with Crippen molar-refractivity contribution < 1.29 is 21.6 Å². The number of sulfonamides is 2. The number of anilines is 1. The summed E-state index contributed by atoms with van der Waals surface area (Å²) in [6, 6.07) is 13.8. The number of hydrogen-bond donors (Lipinski definition) is 2. The van der Waals surface area contributed by atoms with Gasteiger partial charge >= 0.3 is 0 Å². The van der Waals surface area contributed by atoms with Gasteiger partial charge in [0.15, 0.2) is 0 Å². The first-order chi connectivity index (χ1) is 13.6. The van der Waals surface area contributed by atoms with Crippen LogP contribution in [0, 0.1) is 0 Å². The van der Waals surface area contributed by atoms with E-state index in [4.69, 9.17) is 0 Å². The molecular weight excluding hydrogens is 414 g/mol. The summed E-state index contributed by atoms with van der Waals surface area (Å²) < 4.78 is 52.1. The number of para-hydroxylation sites is 1. The second-order valence-corrected chi connectivity index (χ2v) is 10.6. The molecule has 1 aliphatic rings. The molecule has 0 aromatic heterocycles. The predicted molar refractivity (Wildman–Crippen MR) is 111 cm³/mol. The molecule has 2 N–H and O–H groups in total. The molecule has 8 nitrogen and oxygen atoms in total. The van der Waals surface area contributed by atoms with Crippen molar-refractivity contribution >= 4 is 31.6 Å². The first-order valence-corrected chi connectivity index (χ1v) is 12.4. The molecule has 1 fully saturated rings. The van der Waals surface area contributed by atoms with Crippen molar-refractivity contribution in [2.24, 2.45) is 0 Å². The Labute approximate surface area is 171 Å². The van der Waals surface area contributed by atoms with Crippen LogP contribution in [0.3, 0.4) is 0 Å². The van der Waals surface area contributed by atoms with Gasteiger partial charge in [-0.1, -0.05) is 18.2 Å². The minimum Gasteiger partial charge on any atom is -0.348 e. The molecule has 0 spiro atoms. The van der Waals surface area contributed by atoms with Crippen molar-refractivity contribution in [3.05, 3.63) is 60.2 Å². The lowest BCUT2D eigenvalue weighted by Crippen LogP contribution is -2.49. The van der Waals surface area contributed by atoms with Gasteiger partial charge in [-0.15, -0.1) is 0 Å². The molecule has 3 rings (SSSR count).